The van der Waals surface area contributed by atoms with Gasteiger partial charge in [0.05, 0.1) is 10.9 Å². The summed E-state index contributed by atoms with van der Waals surface area (Å²) >= 11 is 1.52. The van der Waals surface area contributed by atoms with Gasteiger partial charge < -0.3 is 0 Å². The van der Waals surface area contributed by atoms with Crippen LogP contribution in [-0.4, -0.2) is 24.3 Å². The van der Waals surface area contributed by atoms with E-state index < -0.39 is 10.0 Å². The van der Waals surface area contributed by atoms with Crippen molar-refractivity contribution in [3.63, 3.8) is 0 Å². The minimum atomic E-state index is -3.44. The van der Waals surface area contributed by atoms with Gasteiger partial charge in [0.1, 0.15) is 5.01 Å². The molecule has 0 amide bonds. The number of hydrogen-bond donors (Lipinski definition) is 0. The highest BCUT2D eigenvalue weighted by Gasteiger charge is 2.37. The van der Waals surface area contributed by atoms with E-state index in [0.717, 1.165) is 23.4 Å². The van der Waals surface area contributed by atoms with E-state index in [4.69, 9.17) is 0 Å². The third-order valence-corrected chi connectivity index (χ3v) is 6.32. The van der Waals surface area contributed by atoms with Gasteiger partial charge in [-0.1, -0.05) is 12.1 Å². The molecule has 0 aliphatic carbocycles. The van der Waals surface area contributed by atoms with Crippen molar-refractivity contribution in [2.75, 3.05) is 6.54 Å². The Morgan fingerprint density at radius 2 is 2.25 bits per heavy atom. The first-order valence-electron chi connectivity index (χ1n) is 6.57. The van der Waals surface area contributed by atoms with E-state index in [1.165, 1.54) is 11.3 Å². The first kappa shape index (κ1) is 13.7. The van der Waals surface area contributed by atoms with Gasteiger partial charge in [-0.2, -0.15) is 4.31 Å². The summed E-state index contributed by atoms with van der Waals surface area (Å²) in [6.07, 6.45) is 3.46. The minimum Gasteiger partial charge on any atom is -0.248 e. The fourth-order valence-corrected chi connectivity index (χ4v) is 5.20. The lowest BCUT2D eigenvalue weighted by atomic mass is 10.2. The molecule has 1 aliphatic heterocycles. The molecule has 1 saturated heterocycles. The number of rotatable bonds is 3. The molecule has 0 saturated carbocycles. The summed E-state index contributed by atoms with van der Waals surface area (Å²) in [7, 11) is -3.44. The fraction of sp³-hybridized carbons (Fsp3) is 0.357. The maximum Gasteiger partial charge on any atom is 0.243 e. The lowest BCUT2D eigenvalue weighted by molar-refractivity contribution is 0.395. The molecular formula is C14H16N2O2S2. The van der Waals surface area contributed by atoms with Crippen LogP contribution in [0.1, 0.15) is 29.5 Å². The van der Waals surface area contributed by atoms with Gasteiger partial charge in [-0.05, 0) is 37.5 Å². The van der Waals surface area contributed by atoms with E-state index in [9.17, 15) is 8.42 Å². The smallest absolute Gasteiger partial charge is 0.243 e. The van der Waals surface area contributed by atoms with E-state index in [1.807, 2.05) is 18.4 Å². The Bertz CT molecular complexity index is 696. The number of aromatic nitrogens is 1. The predicted molar refractivity (Wildman–Crippen MR) is 79.2 cm³/mol. The standard InChI is InChI=1S/C14H16N2O2S2/c1-11-4-2-5-12(10-11)20(17,18)16-8-3-6-13(16)14-15-7-9-19-14/h2,4-5,7,9-10,13H,3,6,8H2,1H3. The van der Waals surface area contributed by atoms with Crippen LogP contribution in [0.4, 0.5) is 0 Å². The third kappa shape index (κ3) is 2.39. The van der Waals surface area contributed by atoms with Gasteiger partial charge in [0.15, 0.2) is 0 Å². The molecule has 1 aliphatic rings. The number of hydrogen-bond acceptors (Lipinski definition) is 4. The summed E-state index contributed by atoms with van der Waals surface area (Å²) < 4.78 is 27.2. The van der Waals surface area contributed by atoms with Crippen molar-refractivity contribution in [2.24, 2.45) is 0 Å². The van der Waals surface area contributed by atoms with Crippen LogP contribution in [0.2, 0.25) is 0 Å². The van der Waals surface area contributed by atoms with E-state index in [1.54, 1.807) is 28.7 Å². The van der Waals surface area contributed by atoms with Crippen LogP contribution in [0.5, 0.6) is 0 Å². The average molecular weight is 308 g/mol. The molecule has 2 aromatic rings. The van der Waals surface area contributed by atoms with Crippen molar-refractivity contribution in [1.29, 1.82) is 0 Å². The van der Waals surface area contributed by atoms with Crippen molar-refractivity contribution >= 4 is 21.4 Å². The van der Waals surface area contributed by atoms with Crippen molar-refractivity contribution in [3.05, 3.63) is 46.4 Å². The van der Waals surface area contributed by atoms with Crippen LogP contribution in [0.25, 0.3) is 0 Å². The zero-order chi connectivity index (χ0) is 14.2. The molecule has 20 heavy (non-hydrogen) atoms. The molecule has 0 N–H and O–H groups in total. The monoisotopic (exact) mass is 308 g/mol. The van der Waals surface area contributed by atoms with Gasteiger partial charge >= 0.3 is 0 Å². The van der Waals surface area contributed by atoms with E-state index in [0.29, 0.717) is 11.4 Å². The molecule has 1 atom stereocenters. The Hall–Kier alpha value is -1.24. The highest BCUT2D eigenvalue weighted by atomic mass is 32.2. The highest BCUT2D eigenvalue weighted by Crippen LogP contribution is 2.37. The molecule has 0 radical (unpaired) electrons. The van der Waals surface area contributed by atoms with E-state index >= 15 is 0 Å². The number of aryl methyl sites for hydroxylation is 1. The zero-order valence-electron chi connectivity index (χ0n) is 11.2. The summed E-state index contributed by atoms with van der Waals surface area (Å²) in [5.74, 6) is 0. The number of nitrogens with zero attached hydrogens (tertiary/aromatic N) is 2. The summed E-state index contributed by atoms with van der Waals surface area (Å²) in [5.41, 5.74) is 0.955. The van der Waals surface area contributed by atoms with Gasteiger partial charge in [-0.15, -0.1) is 11.3 Å². The molecule has 4 nitrogen and oxygen atoms in total. The predicted octanol–water partition coefficient (Wildman–Crippen LogP) is 2.98. The Morgan fingerprint density at radius 3 is 2.95 bits per heavy atom. The van der Waals surface area contributed by atoms with Crippen molar-refractivity contribution in [2.45, 2.75) is 30.7 Å². The van der Waals surface area contributed by atoms with Gasteiger partial charge in [0.2, 0.25) is 10.0 Å². The van der Waals surface area contributed by atoms with Crippen LogP contribution in [0.15, 0.2) is 40.7 Å². The van der Waals surface area contributed by atoms with Crippen LogP contribution < -0.4 is 0 Å². The first-order chi connectivity index (χ1) is 9.59. The maximum atomic E-state index is 12.8. The summed E-state index contributed by atoms with van der Waals surface area (Å²) in [5, 5.41) is 2.78. The van der Waals surface area contributed by atoms with Crippen molar-refractivity contribution < 1.29 is 8.42 Å². The summed E-state index contributed by atoms with van der Waals surface area (Å²) in [4.78, 5) is 4.66. The Labute approximate surface area is 123 Å². The lowest BCUT2D eigenvalue weighted by Gasteiger charge is -2.22. The molecule has 1 aromatic heterocycles. The molecule has 2 heterocycles. The van der Waals surface area contributed by atoms with Gasteiger partial charge in [0, 0.05) is 18.1 Å². The second kappa shape index (κ2) is 5.27. The van der Waals surface area contributed by atoms with Gasteiger partial charge in [-0.3, -0.25) is 0 Å². The molecule has 3 rings (SSSR count). The molecule has 106 valence electrons. The molecule has 1 aromatic carbocycles. The Balaban J connectivity index is 1.98. The number of benzene rings is 1. The second-order valence-corrected chi connectivity index (χ2v) is 7.78. The number of thiazole rings is 1. The zero-order valence-corrected chi connectivity index (χ0v) is 12.8. The van der Waals surface area contributed by atoms with Gasteiger partial charge in [0.25, 0.3) is 0 Å². The SMILES string of the molecule is Cc1cccc(S(=O)(=O)N2CCCC2c2nccs2)c1. The Kier molecular flexibility index (Phi) is 3.62. The third-order valence-electron chi connectivity index (χ3n) is 3.54. The quantitative estimate of drug-likeness (QED) is 0.876. The van der Waals surface area contributed by atoms with Crippen LogP contribution in [0, 0.1) is 6.92 Å². The van der Waals surface area contributed by atoms with Crippen LogP contribution in [-0.2, 0) is 10.0 Å². The molecule has 1 fully saturated rings. The van der Waals surface area contributed by atoms with Gasteiger partial charge in [-0.25, -0.2) is 13.4 Å². The lowest BCUT2D eigenvalue weighted by Crippen LogP contribution is -2.30. The normalized spacial score (nSPS) is 20.4. The molecule has 6 heteroatoms. The fourth-order valence-electron chi connectivity index (χ4n) is 2.58. The summed E-state index contributed by atoms with van der Waals surface area (Å²) in [6.45, 7) is 2.47. The largest absolute Gasteiger partial charge is 0.248 e. The molecule has 1 unspecified atom stereocenters. The summed E-state index contributed by atoms with van der Waals surface area (Å²) in [6, 6.07) is 6.98. The minimum absolute atomic E-state index is 0.111. The maximum absolute atomic E-state index is 12.8. The van der Waals surface area contributed by atoms with E-state index in [-0.39, 0.29) is 6.04 Å². The van der Waals surface area contributed by atoms with Crippen LogP contribution in [0.3, 0.4) is 0 Å². The number of sulfonamides is 1. The average Bonchev–Trinajstić information content (AvgIpc) is 3.09. The molecule has 0 bridgehead atoms. The molecular weight excluding hydrogens is 292 g/mol. The van der Waals surface area contributed by atoms with Crippen molar-refractivity contribution in [3.8, 4) is 0 Å². The van der Waals surface area contributed by atoms with Crippen LogP contribution >= 0.6 is 11.3 Å². The molecule has 0 spiro atoms. The Morgan fingerprint density at radius 1 is 1.40 bits per heavy atom. The van der Waals surface area contributed by atoms with E-state index in [2.05, 4.69) is 4.98 Å². The highest BCUT2D eigenvalue weighted by molar-refractivity contribution is 7.89. The van der Waals surface area contributed by atoms with Crippen molar-refractivity contribution in [1.82, 2.24) is 9.29 Å². The topological polar surface area (TPSA) is 50.3 Å². The first-order valence-corrected chi connectivity index (χ1v) is 8.89. The second-order valence-electron chi connectivity index (χ2n) is 4.96.